The number of nitrogens with zero attached hydrogens (tertiary/aromatic N) is 2. The lowest BCUT2D eigenvalue weighted by atomic mass is 9.87. The molecule has 72 heavy (non-hydrogen) atoms. The first-order valence-electron chi connectivity index (χ1n) is 24.8. The van der Waals surface area contributed by atoms with Crippen LogP contribution in [0, 0.1) is 5.82 Å². The molecule has 0 amide bonds. The summed E-state index contributed by atoms with van der Waals surface area (Å²) >= 11 is 0. The summed E-state index contributed by atoms with van der Waals surface area (Å²) < 4.78 is 17.5. The van der Waals surface area contributed by atoms with Gasteiger partial charge in [0.1, 0.15) is 13.9 Å². The number of hydrogen-bond donors (Lipinski definition) is 0. The minimum absolute atomic E-state index is 0.279. The second-order valence-electron chi connectivity index (χ2n) is 19.4. The van der Waals surface area contributed by atoms with Crippen molar-refractivity contribution in [2.45, 2.75) is 13.1 Å². The summed E-state index contributed by atoms with van der Waals surface area (Å²) in [4.78, 5) is 4.45. The molecule has 0 unspecified atom stereocenters. The molecule has 12 aromatic rings. The van der Waals surface area contributed by atoms with Gasteiger partial charge in [-0.25, -0.2) is 4.39 Å². The molecule has 0 radical (unpaired) electrons. The van der Waals surface area contributed by atoms with Gasteiger partial charge in [-0.1, -0.05) is 189 Å². The van der Waals surface area contributed by atoms with Crippen LogP contribution < -0.4 is 20.2 Å². The maximum absolute atomic E-state index is 17.5. The second-order valence-corrected chi connectivity index (χ2v) is 23.7. The first-order valence-corrected chi connectivity index (χ1v) is 27.8. The standard InChI is InChI=1S/C68H49FN2Si/c1-72(2)65-34-20-33-58-62-44-59(48-35-37-53(38-36-48)70(50-25-12-5-13-26-50)51-27-14-6-15-28-51)55-31-18-19-32-56(55)61(62)45-63(67(58)65)57-40-39-54(43-66(57)72)71(52-29-16-7-17-30-52)68-60(47-23-10-4-11-24-47)41-49(42-64(68)69)46-21-8-3-9-22-46/h3-45H,1-2H3. The molecule has 1 heterocycles. The minimum Gasteiger partial charge on any atom is -0.311 e. The molecule has 0 spiro atoms. The first kappa shape index (κ1) is 43.2. The number of halogens is 1. The lowest BCUT2D eigenvalue weighted by Gasteiger charge is -2.36. The molecule has 1 aliphatic rings. The summed E-state index contributed by atoms with van der Waals surface area (Å²) in [5, 5.41) is 10.3. The SMILES string of the molecule is C[Si]1(C)c2cc(N(c3ccccc3)c3c(F)cc(-c4ccccc4)cc3-c3ccccc3)ccc2-c2cc3c4ccccc4c(-c4ccc(N(c5ccccc5)c5ccccc5)cc4)cc3c3cccc1c23. The van der Waals surface area contributed by atoms with E-state index in [0.29, 0.717) is 5.69 Å². The third kappa shape index (κ3) is 7.22. The van der Waals surface area contributed by atoms with E-state index >= 15 is 4.39 Å². The summed E-state index contributed by atoms with van der Waals surface area (Å²) in [5.41, 5.74) is 14.2. The van der Waals surface area contributed by atoms with Crippen LogP contribution in [0.15, 0.2) is 261 Å². The quantitative estimate of drug-likeness (QED) is 0.105. The van der Waals surface area contributed by atoms with Crippen molar-refractivity contribution in [1.29, 1.82) is 0 Å². The van der Waals surface area contributed by atoms with Crippen molar-refractivity contribution in [3.05, 3.63) is 267 Å². The summed E-state index contributed by atoms with van der Waals surface area (Å²) in [6, 6.07) is 92.3. The first-order chi connectivity index (χ1) is 35.4. The minimum atomic E-state index is -2.40. The molecule has 2 nitrogen and oxygen atoms in total. The molecular formula is C68H49FN2Si. The predicted octanol–water partition coefficient (Wildman–Crippen LogP) is 18.0. The van der Waals surface area contributed by atoms with E-state index in [1.54, 1.807) is 6.07 Å². The molecular weight excluding hydrogens is 892 g/mol. The molecule has 13 rings (SSSR count). The van der Waals surface area contributed by atoms with Gasteiger partial charge in [-0.15, -0.1) is 0 Å². The van der Waals surface area contributed by atoms with Gasteiger partial charge in [0.15, 0.2) is 0 Å². The van der Waals surface area contributed by atoms with E-state index in [1.807, 2.05) is 66.7 Å². The Morgan fingerprint density at radius 3 is 1.42 bits per heavy atom. The van der Waals surface area contributed by atoms with Gasteiger partial charge in [0.2, 0.25) is 0 Å². The molecule has 1 aliphatic heterocycles. The van der Waals surface area contributed by atoms with Crippen molar-refractivity contribution < 1.29 is 4.39 Å². The lowest BCUT2D eigenvalue weighted by Crippen LogP contribution is -2.56. The smallest absolute Gasteiger partial charge is 0.148 e. The fourth-order valence-corrected chi connectivity index (χ4v) is 14.5. The Hall–Kier alpha value is -8.83. The summed E-state index contributed by atoms with van der Waals surface area (Å²) in [7, 11) is -2.40. The van der Waals surface area contributed by atoms with Crippen LogP contribution in [0.5, 0.6) is 0 Å². The third-order valence-corrected chi connectivity index (χ3v) is 18.4. The van der Waals surface area contributed by atoms with E-state index in [0.717, 1.165) is 50.7 Å². The lowest BCUT2D eigenvalue weighted by molar-refractivity contribution is 0.630. The van der Waals surface area contributed by atoms with Crippen molar-refractivity contribution in [1.82, 2.24) is 0 Å². The van der Waals surface area contributed by atoms with Crippen molar-refractivity contribution in [2.24, 2.45) is 0 Å². The Labute approximate surface area is 421 Å². The maximum Gasteiger partial charge on any atom is 0.148 e. The Morgan fingerprint density at radius 2 is 0.778 bits per heavy atom. The Morgan fingerprint density at radius 1 is 0.292 bits per heavy atom. The molecule has 0 saturated heterocycles. The molecule has 0 saturated carbocycles. The molecule has 4 heteroatoms. The van der Waals surface area contributed by atoms with E-state index in [9.17, 15) is 0 Å². The average molecular weight is 941 g/mol. The number of anilines is 6. The number of para-hydroxylation sites is 3. The van der Waals surface area contributed by atoms with Gasteiger partial charge in [-0.2, -0.15) is 0 Å². The van der Waals surface area contributed by atoms with Crippen LogP contribution in [0.25, 0.3) is 76.8 Å². The predicted molar refractivity (Wildman–Crippen MR) is 307 cm³/mol. The largest absolute Gasteiger partial charge is 0.311 e. The van der Waals surface area contributed by atoms with Crippen molar-refractivity contribution in [3.8, 4) is 44.5 Å². The molecule has 342 valence electrons. The highest BCUT2D eigenvalue weighted by atomic mass is 28.3. The van der Waals surface area contributed by atoms with Crippen LogP contribution in [-0.2, 0) is 0 Å². The Balaban J connectivity index is 0.979. The van der Waals surface area contributed by atoms with Gasteiger partial charge in [0, 0.05) is 34.0 Å². The fourth-order valence-electron chi connectivity index (χ4n) is 11.4. The molecule has 0 N–H and O–H groups in total. The van der Waals surface area contributed by atoms with Crippen LogP contribution in [0.3, 0.4) is 0 Å². The number of hydrogen-bond acceptors (Lipinski definition) is 2. The van der Waals surface area contributed by atoms with Gasteiger partial charge in [-0.05, 0) is 167 Å². The average Bonchev–Trinajstić information content (AvgIpc) is 3.44. The van der Waals surface area contributed by atoms with Crippen molar-refractivity contribution in [3.63, 3.8) is 0 Å². The molecule has 0 bridgehead atoms. The van der Waals surface area contributed by atoms with Gasteiger partial charge in [-0.3, -0.25) is 0 Å². The topological polar surface area (TPSA) is 6.48 Å². The van der Waals surface area contributed by atoms with Gasteiger partial charge in [0.25, 0.3) is 0 Å². The zero-order valence-electron chi connectivity index (χ0n) is 40.1. The maximum atomic E-state index is 17.5. The Bertz CT molecular complexity index is 3950. The highest BCUT2D eigenvalue weighted by Gasteiger charge is 2.37. The highest BCUT2D eigenvalue weighted by molar-refractivity contribution is 7.03. The molecule has 0 aliphatic carbocycles. The van der Waals surface area contributed by atoms with Crippen LogP contribution in [-0.4, -0.2) is 8.07 Å². The van der Waals surface area contributed by atoms with Crippen LogP contribution >= 0.6 is 0 Å². The number of rotatable bonds is 9. The van der Waals surface area contributed by atoms with E-state index < -0.39 is 8.07 Å². The zero-order chi connectivity index (χ0) is 48.3. The summed E-state index contributed by atoms with van der Waals surface area (Å²) in [6.07, 6.45) is 0. The van der Waals surface area contributed by atoms with Crippen molar-refractivity contribution >= 4 is 84.9 Å². The van der Waals surface area contributed by atoms with E-state index in [1.165, 1.54) is 64.9 Å². The number of fused-ring (bicyclic) bond motifs is 6. The second kappa shape index (κ2) is 17.5. The fraction of sp³-hybridized carbons (Fsp3) is 0.0294. The van der Waals surface area contributed by atoms with Crippen LogP contribution in [0.1, 0.15) is 0 Å². The zero-order valence-corrected chi connectivity index (χ0v) is 41.1. The van der Waals surface area contributed by atoms with Crippen LogP contribution in [0.2, 0.25) is 13.1 Å². The molecule has 12 aromatic carbocycles. The molecule has 0 aromatic heterocycles. The van der Waals surface area contributed by atoms with E-state index in [2.05, 4.69) is 211 Å². The Kier molecular flexibility index (Phi) is 10.5. The monoisotopic (exact) mass is 940 g/mol. The van der Waals surface area contributed by atoms with Gasteiger partial charge >= 0.3 is 0 Å². The summed E-state index contributed by atoms with van der Waals surface area (Å²) in [6.45, 7) is 4.97. The van der Waals surface area contributed by atoms with Crippen molar-refractivity contribution in [2.75, 3.05) is 9.80 Å². The van der Waals surface area contributed by atoms with E-state index in [4.69, 9.17) is 0 Å². The normalized spacial score (nSPS) is 12.5. The summed E-state index contributed by atoms with van der Waals surface area (Å²) in [5.74, 6) is -0.279. The number of benzene rings is 12. The highest BCUT2D eigenvalue weighted by Crippen LogP contribution is 2.48. The third-order valence-electron chi connectivity index (χ3n) is 14.9. The van der Waals surface area contributed by atoms with Gasteiger partial charge in [0.05, 0.1) is 5.69 Å². The van der Waals surface area contributed by atoms with E-state index in [-0.39, 0.29) is 5.82 Å². The molecule has 0 fully saturated rings. The van der Waals surface area contributed by atoms with Gasteiger partial charge < -0.3 is 9.80 Å². The van der Waals surface area contributed by atoms with Crippen LogP contribution in [0.4, 0.5) is 38.5 Å². The molecule has 0 atom stereocenters.